The van der Waals surface area contributed by atoms with Crippen LogP contribution in [0.2, 0.25) is 0 Å². The van der Waals surface area contributed by atoms with Crippen LogP contribution >= 0.6 is 0 Å². The van der Waals surface area contributed by atoms with Gasteiger partial charge in [0.05, 0.1) is 0 Å². The van der Waals surface area contributed by atoms with E-state index in [4.69, 9.17) is 0 Å². The predicted molar refractivity (Wildman–Crippen MR) is 39.5 cm³/mol. The molecule has 3 N–H and O–H groups in total. The van der Waals surface area contributed by atoms with Crippen molar-refractivity contribution in [2.75, 3.05) is 0 Å². The highest BCUT2D eigenvalue weighted by Gasteiger charge is 2.11. The molecule has 1 rings (SSSR count). The molecule has 0 aliphatic carbocycles. The van der Waals surface area contributed by atoms with E-state index in [-0.39, 0.29) is 5.48 Å². The van der Waals surface area contributed by atoms with E-state index in [9.17, 15) is 0 Å². The summed E-state index contributed by atoms with van der Waals surface area (Å²) in [5.41, 5.74) is 0. The molecule has 1 heterocycles. The van der Waals surface area contributed by atoms with Gasteiger partial charge in [-0.3, -0.25) is 0 Å². The summed E-state index contributed by atoms with van der Waals surface area (Å²) >= 11 is 0. The minimum Gasteiger partial charge on any atom is -0.412 e. The van der Waals surface area contributed by atoms with Crippen molar-refractivity contribution < 1.29 is 5.48 Å². The number of piperidine rings is 1. The minimum absolute atomic E-state index is 0. The van der Waals surface area contributed by atoms with E-state index in [1.165, 1.54) is 19.3 Å². The first-order valence-corrected chi connectivity index (χ1v) is 3.55. The van der Waals surface area contributed by atoms with Gasteiger partial charge in [-0.05, 0) is 26.7 Å². The zero-order chi connectivity index (χ0) is 5.98. The molecule has 0 amide bonds. The molecule has 2 unspecified atom stereocenters. The van der Waals surface area contributed by atoms with Crippen LogP contribution < -0.4 is 5.32 Å². The summed E-state index contributed by atoms with van der Waals surface area (Å²) in [5.74, 6) is 0. The fourth-order valence-electron chi connectivity index (χ4n) is 1.38. The summed E-state index contributed by atoms with van der Waals surface area (Å²) in [5, 5.41) is 3.48. The van der Waals surface area contributed by atoms with Crippen LogP contribution in [0.3, 0.4) is 0 Å². The van der Waals surface area contributed by atoms with Crippen LogP contribution in [-0.4, -0.2) is 17.6 Å². The summed E-state index contributed by atoms with van der Waals surface area (Å²) < 4.78 is 0. The van der Waals surface area contributed by atoms with Crippen molar-refractivity contribution in [1.29, 1.82) is 0 Å². The van der Waals surface area contributed by atoms with Crippen LogP contribution in [0.15, 0.2) is 0 Å². The molecule has 0 aromatic heterocycles. The van der Waals surface area contributed by atoms with E-state index in [1.807, 2.05) is 0 Å². The highest BCUT2D eigenvalue weighted by molar-refractivity contribution is 4.73. The van der Waals surface area contributed by atoms with Crippen molar-refractivity contribution in [3.05, 3.63) is 0 Å². The maximum Gasteiger partial charge on any atom is 0.00412 e. The zero-order valence-electron chi connectivity index (χ0n) is 6.28. The van der Waals surface area contributed by atoms with Crippen molar-refractivity contribution in [1.82, 2.24) is 5.32 Å². The Bertz CT molecular complexity index is 67.3. The summed E-state index contributed by atoms with van der Waals surface area (Å²) in [6, 6.07) is 1.53. The van der Waals surface area contributed by atoms with Gasteiger partial charge in [-0.25, -0.2) is 0 Å². The van der Waals surface area contributed by atoms with Crippen molar-refractivity contribution in [3.63, 3.8) is 0 Å². The molecule has 0 radical (unpaired) electrons. The van der Waals surface area contributed by atoms with Gasteiger partial charge in [0.25, 0.3) is 0 Å². The molecule has 9 heavy (non-hydrogen) atoms. The lowest BCUT2D eigenvalue weighted by atomic mass is 10.0. The number of nitrogens with one attached hydrogen (secondary N) is 1. The Hall–Kier alpha value is -0.0800. The van der Waals surface area contributed by atoms with Gasteiger partial charge in [0, 0.05) is 12.1 Å². The zero-order valence-corrected chi connectivity index (χ0v) is 6.28. The lowest BCUT2D eigenvalue weighted by molar-refractivity contribution is 0.352. The number of rotatable bonds is 0. The highest BCUT2D eigenvalue weighted by atomic mass is 16.0. The van der Waals surface area contributed by atoms with Gasteiger partial charge < -0.3 is 10.8 Å². The van der Waals surface area contributed by atoms with Gasteiger partial charge in [0.2, 0.25) is 0 Å². The van der Waals surface area contributed by atoms with Gasteiger partial charge >= 0.3 is 0 Å². The molecule has 0 bridgehead atoms. The molecule has 0 aromatic carbocycles. The van der Waals surface area contributed by atoms with Crippen LogP contribution in [0.5, 0.6) is 0 Å². The Morgan fingerprint density at radius 3 is 1.78 bits per heavy atom. The quantitative estimate of drug-likeness (QED) is 0.517. The van der Waals surface area contributed by atoms with E-state index in [1.54, 1.807) is 0 Å². The molecule has 0 saturated carbocycles. The fraction of sp³-hybridized carbons (Fsp3) is 1.00. The Labute approximate surface area is 57.0 Å². The average molecular weight is 131 g/mol. The Morgan fingerprint density at radius 1 is 1.11 bits per heavy atom. The van der Waals surface area contributed by atoms with Gasteiger partial charge in [-0.1, -0.05) is 6.42 Å². The predicted octanol–water partition coefficient (Wildman–Crippen LogP) is 0.712. The highest BCUT2D eigenvalue weighted by Crippen LogP contribution is 2.10. The third kappa shape index (κ3) is 2.82. The topological polar surface area (TPSA) is 43.5 Å². The molecule has 56 valence electrons. The van der Waals surface area contributed by atoms with E-state index in [0.717, 1.165) is 12.1 Å². The van der Waals surface area contributed by atoms with Crippen LogP contribution in [-0.2, 0) is 0 Å². The van der Waals surface area contributed by atoms with Gasteiger partial charge in [-0.2, -0.15) is 0 Å². The van der Waals surface area contributed by atoms with Crippen molar-refractivity contribution >= 4 is 0 Å². The van der Waals surface area contributed by atoms with Crippen LogP contribution in [0.25, 0.3) is 0 Å². The first-order chi connectivity index (χ1) is 3.79. The van der Waals surface area contributed by atoms with Crippen molar-refractivity contribution in [3.8, 4) is 0 Å². The van der Waals surface area contributed by atoms with Gasteiger partial charge in [0.1, 0.15) is 0 Å². The maximum absolute atomic E-state index is 3.48. The smallest absolute Gasteiger partial charge is 0.00412 e. The molecular weight excluding hydrogens is 114 g/mol. The Balaban J connectivity index is 0.000000640. The Morgan fingerprint density at radius 2 is 1.56 bits per heavy atom. The molecular formula is C7H17NO. The second kappa shape index (κ2) is 3.85. The molecule has 1 aliphatic rings. The molecule has 1 fully saturated rings. The molecule has 0 aromatic rings. The summed E-state index contributed by atoms with van der Waals surface area (Å²) in [6.07, 6.45) is 4.14. The van der Waals surface area contributed by atoms with Crippen LogP contribution in [0.4, 0.5) is 0 Å². The Kier molecular flexibility index (Phi) is 3.82. The molecule has 1 aliphatic heterocycles. The fourth-order valence-corrected chi connectivity index (χ4v) is 1.38. The van der Waals surface area contributed by atoms with E-state index in [0.29, 0.717) is 0 Å². The molecule has 1 saturated heterocycles. The second-order valence-electron chi connectivity index (χ2n) is 2.90. The third-order valence-electron chi connectivity index (χ3n) is 1.84. The van der Waals surface area contributed by atoms with Crippen LogP contribution in [0.1, 0.15) is 33.1 Å². The van der Waals surface area contributed by atoms with E-state index < -0.39 is 0 Å². The van der Waals surface area contributed by atoms with Gasteiger partial charge in [0.15, 0.2) is 0 Å². The summed E-state index contributed by atoms with van der Waals surface area (Å²) in [6.45, 7) is 4.52. The number of hydrogen-bond donors (Lipinski definition) is 1. The molecule has 2 nitrogen and oxygen atoms in total. The maximum atomic E-state index is 3.48. The summed E-state index contributed by atoms with van der Waals surface area (Å²) in [4.78, 5) is 0. The standard InChI is InChI=1S/C7H15N.H2O/c1-6-4-3-5-7(2)8-6;/h6-8H,3-5H2,1-2H3;1H2. The lowest BCUT2D eigenvalue weighted by Crippen LogP contribution is -2.38. The normalized spacial score (nSPS) is 35.3. The first kappa shape index (κ1) is 8.92. The largest absolute Gasteiger partial charge is 0.412 e. The first-order valence-electron chi connectivity index (χ1n) is 3.55. The summed E-state index contributed by atoms with van der Waals surface area (Å²) in [7, 11) is 0. The SMILES string of the molecule is CC1CCCC(C)N1.O. The van der Waals surface area contributed by atoms with Crippen LogP contribution in [0, 0.1) is 0 Å². The van der Waals surface area contributed by atoms with Crippen molar-refractivity contribution in [2.45, 2.75) is 45.2 Å². The molecule has 2 atom stereocenters. The molecule has 0 spiro atoms. The number of hydrogen-bond acceptors (Lipinski definition) is 1. The minimum atomic E-state index is 0. The second-order valence-corrected chi connectivity index (χ2v) is 2.90. The van der Waals surface area contributed by atoms with E-state index in [2.05, 4.69) is 19.2 Å². The van der Waals surface area contributed by atoms with Crippen molar-refractivity contribution in [2.24, 2.45) is 0 Å². The lowest BCUT2D eigenvalue weighted by Gasteiger charge is -2.25. The van der Waals surface area contributed by atoms with E-state index >= 15 is 0 Å². The monoisotopic (exact) mass is 131 g/mol. The third-order valence-corrected chi connectivity index (χ3v) is 1.84. The molecule has 2 heteroatoms. The average Bonchev–Trinajstić information content (AvgIpc) is 1.64. The van der Waals surface area contributed by atoms with Gasteiger partial charge in [-0.15, -0.1) is 0 Å².